The van der Waals surface area contributed by atoms with Gasteiger partial charge in [-0.15, -0.1) is 0 Å². The van der Waals surface area contributed by atoms with Gasteiger partial charge in [0.1, 0.15) is 0 Å². The molecule has 0 saturated carbocycles. The van der Waals surface area contributed by atoms with Crippen LogP contribution in [0.3, 0.4) is 0 Å². The van der Waals surface area contributed by atoms with E-state index in [2.05, 4.69) is 0 Å². The summed E-state index contributed by atoms with van der Waals surface area (Å²) < 4.78 is 38.1. The van der Waals surface area contributed by atoms with Gasteiger partial charge in [-0.2, -0.15) is 0 Å². The van der Waals surface area contributed by atoms with Crippen molar-refractivity contribution in [2.45, 2.75) is 13.3 Å². The molecule has 0 unspecified atom stereocenters. The summed E-state index contributed by atoms with van der Waals surface area (Å²) in [6.45, 7) is 1.63. The predicted octanol–water partition coefficient (Wildman–Crippen LogP) is 1.89. The van der Waals surface area contributed by atoms with E-state index in [1.165, 1.54) is 0 Å². The first-order valence-corrected chi connectivity index (χ1v) is 6.46. The molecule has 0 aliphatic carbocycles. The Labute approximate surface area is 97.7 Å². The van der Waals surface area contributed by atoms with Crippen molar-refractivity contribution in [1.29, 1.82) is 0 Å². The molecule has 8 heteroatoms. The van der Waals surface area contributed by atoms with Crippen molar-refractivity contribution in [2.24, 2.45) is 0 Å². The highest BCUT2D eigenvalue weighted by Crippen LogP contribution is 2.27. The minimum Gasteiger partial charge on any atom is -0.275 e. The van der Waals surface area contributed by atoms with E-state index < -0.39 is 32.1 Å². The van der Waals surface area contributed by atoms with Gasteiger partial charge in [-0.05, 0) is 12.5 Å². The van der Waals surface area contributed by atoms with Gasteiger partial charge in [0.15, 0.2) is 11.5 Å². The van der Waals surface area contributed by atoms with Crippen LogP contribution in [0.15, 0.2) is 18.2 Å². The molecule has 0 fully saturated rings. The van der Waals surface area contributed by atoms with Crippen LogP contribution in [-0.4, -0.2) is 19.1 Å². The zero-order valence-corrected chi connectivity index (χ0v) is 9.83. The summed E-state index contributed by atoms with van der Waals surface area (Å²) in [5, 5.41) is 10.6. The first-order chi connectivity index (χ1) is 7.87. The van der Waals surface area contributed by atoms with E-state index in [0.717, 1.165) is 18.2 Å². The molecular weight excluding hydrogens is 251 g/mol. The van der Waals surface area contributed by atoms with Crippen molar-refractivity contribution < 1.29 is 17.7 Å². The molecular formula is C9H11FN2O4S. The molecule has 94 valence electrons. The molecule has 6 nitrogen and oxygen atoms in total. The number of halogens is 1. The van der Waals surface area contributed by atoms with Gasteiger partial charge in [0.05, 0.1) is 10.7 Å². The zero-order valence-electron chi connectivity index (χ0n) is 9.01. The number of rotatable bonds is 5. The molecule has 0 aromatic heterocycles. The molecule has 0 heterocycles. The van der Waals surface area contributed by atoms with Gasteiger partial charge in [0.25, 0.3) is 5.69 Å². The fourth-order valence-electron chi connectivity index (χ4n) is 1.24. The average molecular weight is 262 g/mol. The Morgan fingerprint density at radius 2 is 2.12 bits per heavy atom. The topological polar surface area (TPSA) is 89.3 Å². The Balaban J connectivity index is 3.18. The van der Waals surface area contributed by atoms with Crippen LogP contribution < -0.4 is 4.72 Å². The molecule has 0 bridgehead atoms. The molecule has 1 aromatic carbocycles. The minimum atomic E-state index is -3.76. The van der Waals surface area contributed by atoms with Crippen LogP contribution in [0.4, 0.5) is 15.8 Å². The van der Waals surface area contributed by atoms with Gasteiger partial charge in [0, 0.05) is 6.07 Å². The number of nitro benzene ring substituents is 1. The number of hydrogen-bond donors (Lipinski definition) is 1. The Bertz CT molecular complexity index is 530. The minimum absolute atomic E-state index is 0.224. The lowest BCUT2D eigenvalue weighted by Gasteiger charge is -2.08. The number of sulfonamides is 1. The summed E-state index contributed by atoms with van der Waals surface area (Å²) in [5.74, 6) is -1.20. The molecule has 1 aromatic rings. The summed E-state index contributed by atoms with van der Waals surface area (Å²) in [7, 11) is -3.76. The van der Waals surface area contributed by atoms with Crippen LogP contribution in [-0.2, 0) is 10.0 Å². The second kappa shape index (κ2) is 5.09. The van der Waals surface area contributed by atoms with Gasteiger partial charge in [-0.1, -0.05) is 13.0 Å². The van der Waals surface area contributed by atoms with Crippen LogP contribution >= 0.6 is 0 Å². The molecule has 17 heavy (non-hydrogen) atoms. The van der Waals surface area contributed by atoms with Crippen molar-refractivity contribution >= 4 is 21.4 Å². The second-order valence-electron chi connectivity index (χ2n) is 3.31. The second-order valence-corrected chi connectivity index (χ2v) is 5.15. The maximum atomic E-state index is 13.3. The fourth-order valence-corrected chi connectivity index (χ4v) is 2.39. The van der Waals surface area contributed by atoms with E-state index in [1.807, 2.05) is 4.72 Å². The summed E-state index contributed by atoms with van der Waals surface area (Å²) in [4.78, 5) is 9.78. The molecule has 1 N–H and O–H groups in total. The Morgan fingerprint density at radius 3 is 2.65 bits per heavy atom. The van der Waals surface area contributed by atoms with Crippen LogP contribution in [0.1, 0.15) is 13.3 Å². The van der Waals surface area contributed by atoms with Gasteiger partial charge in [-0.25, -0.2) is 12.8 Å². The van der Waals surface area contributed by atoms with Crippen molar-refractivity contribution in [3.05, 3.63) is 34.1 Å². The quantitative estimate of drug-likeness (QED) is 0.648. The highest BCUT2D eigenvalue weighted by atomic mass is 32.2. The van der Waals surface area contributed by atoms with Crippen molar-refractivity contribution in [3.63, 3.8) is 0 Å². The van der Waals surface area contributed by atoms with Gasteiger partial charge in [0.2, 0.25) is 10.0 Å². The van der Waals surface area contributed by atoms with E-state index >= 15 is 0 Å². The van der Waals surface area contributed by atoms with Crippen molar-refractivity contribution in [2.75, 3.05) is 10.5 Å². The van der Waals surface area contributed by atoms with E-state index in [1.54, 1.807) is 6.92 Å². The number of hydrogen-bond acceptors (Lipinski definition) is 4. The lowest BCUT2D eigenvalue weighted by atomic mass is 10.2. The third-order valence-corrected chi connectivity index (χ3v) is 3.38. The molecule has 1 rings (SSSR count). The lowest BCUT2D eigenvalue weighted by molar-refractivity contribution is -0.384. The first kappa shape index (κ1) is 13.4. The van der Waals surface area contributed by atoms with E-state index in [4.69, 9.17) is 0 Å². The number of nitro groups is 1. The maximum Gasteiger partial charge on any atom is 0.296 e. The third kappa shape index (κ3) is 3.38. The van der Waals surface area contributed by atoms with Crippen LogP contribution in [0, 0.1) is 15.9 Å². The summed E-state index contributed by atoms with van der Waals surface area (Å²) in [5.41, 5.74) is -1.23. The van der Waals surface area contributed by atoms with Crippen LogP contribution in [0.2, 0.25) is 0 Å². The number of anilines is 1. The van der Waals surface area contributed by atoms with Crippen molar-refractivity contribution in [3.8, 4) is 0 Å². The lowest BCUT2D eigenvalue weighted by Crippen LogP contribution is -2.17. The van der Waals surface area contributed by atoms with Crippen LogP contribution in [0.5, 0.6) is 0 Å². The molecule has 0 amide bonds. The first-order valence-electron chi connectivity index (χ1n) is 4.80. The summed E-state index contributed by atoms with van der Waals surface area (Å²) in [6.07, 6.45) is 0.331. The largest absolute Gasteiger partial charge is 0.296 e. The molecule has 0 atom stereocenters. The van der Waals surface area contributed by atoms with Gasteiger partial charge < -0.3 is 0 Å². The summed E-state index contributed by atoms with van der Waals surface area (Å²) in [6, 6.07) is 3.13. The maximum absolute atomic E-state index is 13.3. The predicted molar refractivity (Wildman–Crippen MR) is 60.8 cm³/mol. The smallest absolute Gasteiger partial charge is 0.275 e. The van der Waals surface area contributed by atoms with Crippen LogP contribution in [0.25, 0.3) is 0 Å². The molecule has 0 saturated heterocycles. The normalized spacial score (nSPS) is 11.2. The molecule has 0 spiro atoms. The highest BCUT2D eigenvalue weighted by molar-refractivity contribution is 7.92. The Hall–Kier alpha value is -1.70. The molecule has 0 aliphatic heterocycles. The molecule has 0 aliphatic rings. The standard InChI is InChI=1S/C9H11FN2O4S/c1-2-6-17(15,16)11-9-7(10)4-3-5-8(9)12(13)14/h3-5,11H,2,6H2,1H3. The zero-order chi connectivity index (χ0) is 13.1. The monoisotopic (exact) mass is 262 g/mol. The van der Waals surface area contributed by atoms with E-state index in [-0.39, 0.29) is 5.75 Å². The number of nitrogens with zero attached hydrogens (tertiary/aromatic N) is 1. The van der Waals surface area contributed by atoms with E-state index in [9.17, 15) is 22.9 Å². The van der Waals surface area contributed by atoms with E-state index in [0.29, 0.717) is 6.42 Å². The number of nitrogens with one attached hydrogen (secondary N) is 1. The van der Waals surface area contributed by atoms with Gasteiger partial charge >= 0.3 is 0 Å². The summed E-state index contributed by atoms with van der Waals surface area (Å²) >= 11 is 0. The fraction of sp³-hybridized carbons (Fsp3) is 0.333. The Kier molecular flexibility index (Phi) is 4.00. The highest BCUT2D eigenvalue weighted by Gasteiger charge is 2.22. The number of para-hydroxylation sites is 1. The number of benzene rings is 1. The SMILES string of the molecule is CCCS(=O)(=O)Nc1c(F)cccc1[N+](=O)[O-]. The average Bonchev–Trinajstić information content (AvgIpc) is 2.20. The Morgan fingerprint density at radius 1 is 1.47 bits per heavy atom. The third-order valence-electron chi connectivity index (χ3n) is 1.92. The van der Waals surface area contributed by atoms with Gasteiger partial charge in [-0.3, -0.25) is 14.8 Å². The molecule has 0 radical (unpaired) electrons. The van der Waals surface area contributed by atoms with Crippen molar-refractivity contribution in [1.82, 2.24) is 0 Å².